The van der Waals surface area contributed by atoms with E-state index in [1.165, 1.54) is 36.4 Å². The molecule has 0 saturated heterocycles. The second-order valence-electron chi connectivity index (χ2n) is 6.99. The number of hydrogen-bond acceptors (Lipinski definition) is 6. The molecule has 12 heteroatoms. The highest BCUT2D eigenvalue weighted by Gasteiger charge is 2.34. The van der Waals surface area contributed by atoms with Crippen LogP contribution in [0.4, 0.5) is 13.6 Å². The summed E-state index contributed by atoms with van der Waals surface area (Å²) in [5.41, 5.74) is -0.554. The van der Waals surface area contributed by atoms with Gasteiger partial charge in [-0.3, -0.25) is 9.78 Å². The van der Waals surface area contributed by atoms with Crippen molar-refractivity contribution in [2.75, 3.05) is 13.1 Å². The second kappa shape index (κ2) is 10.6. The Morgan fingerprint density at radius 1 is 1.00 bits per heavy atom. The fraction of sp³-hybridized carbons (Fsp3) is 0.136. The molecule has 178 valence electrons. The summed E-state index contributed by atoms with van der Waals surface area (Å²) in [5.74, 6) is -2.39. The van der Waals surface area contributed by atoms with Gasteiger partial charge in [-0.1, -0.05) is 11.6 Å². The van der Waals surface area contributed by atoms with Crippen LogP contribution in [0, 0.1) is 11.6 Å². The van der Waals surface area contributed by atoms with Crippen molar-refractivity contribution in [2.45, 2.75) is 10.1 Å². The molecule has 0 spiro atoms. The predicted molar refractivity (Wildman–Crippen MR) is 117 cm³/mol. The lowest BCUT2D eigenvalue weighted by Crippen LogP contribution is -2.41. The molecule has 1 atom stereocenters. The molecule has 0 fully saturated rings. The monoisotopic (exact) mass is 508 g/mol. The van der Waals surface area contributed by atoms with Gasteiger partial charge >= 0.3 is 0 Å². The maximum absolute atomic E-state index is 14.7. The third kappa shape index (κ3) is 5.86. The molecule has 3 rings (SSSR count). The standard InChI is InChI=1S/C22H18ClF2N3O5S/c23-14-2-5-16(6-3-14)34(32,33)20(17-11-15(24)4-7-18(17)25)19-8-1-13(12-28-19)21(29)26-9-10-27-22(30)31/h1-8,11-12,20,27H,9-10H2,(H,26,29)(H,30,31)/p-1. The SMILES string of the molecule is O=C([O-])NCCNC(=O)c1ccc(C(c2cc(F)ccc2F)S(=O)(=O)c2ccc(Cl)cc2)nc1. The van der Waals surface area contributed by atoms with E-state index in [0.717, 1.165) is 24.4 Å². The number of nitrogens with one attached hydrogen (secondary N) is 2. The lowest BCUT2D eigenvalue weighted by Gasteiger charge is -2.19. The van der Waals surface area contributed by atoms with Crippen LogP contribution in [-0.4, -0.2) is 38.5 Å². The highest BCUT2D eigenvalue weighted by atomic mass is 35.5. The first-order valence-electron chi connectivity index (χ1n) is 9.73. The zero-order valence-corrected chi connectivity index (χ0v) is 18.9. The third-order valence-electron chi connectivity index (χ3n) is 4.69. The Balaban J connectivity index is 1.97. The minimum atomic E-state index is -4.32. The summed E-state index contributed by atoms with van der Waals surface area (Å²) in [4.78, 5) is 26.4. The predicted octanol–water partition coefficient (Wildman–Crippen LogP) is 2.24. The van der Waals surface area contributed by atoms with E-state index in [4.69, 9.17) is 11.6 Å². The number of aromatic nitrogens is 1. The quantitative estimate of drug-likeness (QED) is 0.449. The van der Waals surface area contributed by atoms with Crippen molar-refractivity contribution in [2.24, 2.45) is 0 Å². The molecular formula is C22H17ClF2N3O5S-. The number of sulfone groups is 1. The second-order valence-corrected chi connectivity index (χ2v) is 9.46. The van der Waals surface area contributed by atoms with E-state index in [1.54, 1.807) is 0 Å². The molecule has 1 unspecified atom stereocenters. The number of pyridine rings is 1. The van der Waals surface area contributed by atoms with E-state index in [9.17, 15) is 31.9 Å². The zero-order chi connectivity index (χ0) is 24.9. The van der Waals surface area contributed by atoms with Crippen LogP contribution < -0.4 is 15.7 Å². The highest BCUT2D eigenvalue weighted by Crippen LogP contribution is 2.36. The number of halogens is 3. The van der Waals surface area contributed by atoms with Crippen LogP contribution in [0.3, 0.4) is 0 Å². The van der Waals surface area contributed by atoms with Crippen LogP contribution in [0.5, 0.6) is 0 Å². The Morgan fingerprint density at radius 3 is 2.29 bits per heavy atom. The van der Waals surface area contributed by atoms with Crippen molar-refractivity contribution in [3.8, 4) is 0 Å². The Labute approximate surface area is 198 Å². The first-order chi connectivity index (χ1) is 16.1. The highest BCUT2D eigenvalue weighted by molar-refractivity contribution is 7.91. The maximum Gasteiger partial charge on any atom is 0.252 e. The minimum absolute atomic E-state index is 0.0311. The van der Waals surface area contributed by atoms with E-state index in [0.29, 0.717) is 0 Å². The molecule has 2 N–H and O–H groups in total. The van der Waals surface area contributed by atoms with Gasteiger partial charge in [0.15, 0.2) is 9.84 Å². The smallest absolute Gasteiger partial charge is 0.252 e. The minimum Gasteiger partial charge on any atom is -0.530 e. The summed E-state index contributed by atoms with van der Waals surface area (Å²) in [7, 11) is -4.32. The molecule has 3 aromatic rings. The fourth-order valence-electron chi connectivity index (χ4n) is 3.10. The van der Waals surface area contributed by atoms with Crippen molar-refractivity contribution in [1.29, 1.82) is 0 Å². The Bertz CT molecular complexity index is 1300. The molecule has 0 aliphatic rings. The Kier molecular flexibility index (Phi) is 7.79. The van der Waals surface area contributed by atoms with Crippen molar-refractivity contribution < 1.29 is 31.9 Å². The number of rotatable bonds is 8. The first-order valence-corrected chi connectivity index (χ1v) is 11.7. The Morgan fingerprint density at radius 2 is 1.68 bits per heavy atom. The molecule has 8 nitrogen and oxygen atoms in total. The van der Waals surface area contributed by atoms with Crippen LogP contribution in [-0.2, 0) is 9.84 Å². The summed E-state index contributed by atoms with van der Waals surface area (Å²) in [6.07, 6.45) is -0.406. The summed E-state index contributed by atoms with van der Waals surface area (Å²) in [5, 5.41) is 13.3. The normalized spacial score (nSPS) is 12.1. The summed E-state index contributed by atoms with van der Waals surface area (Å²) >= 11 is 5.84. The maximum atomic E-state index is 14.7. The molecule has 2 aromatic carbocycles. The van der Waals surface area contributed by atoms with Gasteiger partial charge in [0.05, 0.1) is 16.2 Å². The molecule has 0 radical (unpaired) electrons. The van der Waals surface area contributed by atoms with Gasteiger partial charge in [0, 0.05) is 29.9 Å². The third-order valence-corrected chi connectivity index (χ3v) is 6.99. The first kappa shape index (κ1) is 25.1. The molecule has 2 amide bonds. The van der Waals surface area contributed by atoms with Crippen molar-refractivity contribution in [3.05, 3.63) is 94.3 Å². The number of carboxylic acid groups (broad SMARTS) is 1. The lowest BCUT2D eigenvalue weighted by atomic mass is 10.1. The largest absolute Gasteiger partial charge is 0.530 e. The van der Waals surface area contributed by atoms with Gasteiger partial charge in [0.2, 0.25) is 0 Å². The average Bonchev–Trinajstić information content (AvgIpc) is 2.79. The van der Waals surface area contributed by atoms with Crippen LogP contribution in [0.1, 0.15) is 26.9 Å². The number of carbonyl (C=O) groups is 2. The van der Waals surface area contributed by atoms with Gasteiger partial charge in [-0.05, 0) is 54.6 Å². The van der Waals surface area contributed by atoms with Crippen LogP contribution in [0.2, 0.25) is 5.02 Å². The molecule has 0 aliphatic carbocycles. The van der Waals surface area contributed by atoms with Crippen LogP contribution in [0.15, 0.2) is 65.7 Å². The molecule has 1 aromatic heterocycles. The van der Waals surface area contributed by atoms with Gasteiger partial charge in [0.1, 0.15) is 23.0 Å². The number of hydrogen-bond donors (Lipinski definition) is 2. The van der Waals surface area contributed by atoms with Crippen molar-refractivity contribution >= 4 is 33.4 Å². The molecule has 0 saturated carbocycles. The van der Waals surface area contributed by atoms with Crippen molar-refractivity contribution in [3.63, 3.8) is 0 Å². The summed E-state index contributed by atoms with van der Waals surface area (Å²) in [6, 6.07) is 10.1. The molecule has 0 aliphatic heterocycles. The number of benzene rings is 2. The van der Waals surface area contributed by atoms with Crippen LogP contribution >= 0.6 is 11.6 Å². The van der Waals surface area contributed by atoms with E-state index in [-0.39, 0.29) is 34.3 Å². The van der Waals surface area contributed by atoms with E-state index in [1.807, 2.05) is 5.32 Å². The topological polar surface area (TPSA) is 128 Å². The average molecular weight is 509 g/mol. The lowest BCUT2D eigenvalue weighted by molar-refractivity contribution is -0.250. The van der Waals surface area contributed by atoms with Gasteiger partial charge in [-0.15, -0.1) is 0 Å². The summed E-state index contributed by atoms with van der Waals surface area (Å²) < 4.78 is 55.5. The number of amides is 2. The Hall–Kier alpha value is -3.57. The van der Waals surface area contributed by atoms with E-state index in [2.05, 4.69) is 10.3 Å². The van der Waals surface area contributed by atoms with Gasteiger partial charge < -0.3 is 20.5 Å². The number of carbonyl (C=O) groups excluding carboxylic acids is 2. The van der Waals surface area contributed by atoms with Gasteiger partial charge in [0.25, 0.3) is 5.91 Å². The van der Waals surface area contributed by atoms with Gasteiger partial charge in [-0.2, -0.15) is 0 Å². The molecular weight excluding hydrogens is 492 g/mol. The molecule has 34 heavy (non-hydrogen) atoms. The summed E-state index contributed by atoms with van der Waals surface area (Å²) in [6.45, 7) is -0.115. The fourth-order valence-corrected chi connectivity index (χ4v) is 4.98. The van der Waals surface area contributed by atoms with Crippen LogP contribution in [0.25, 0.3) is 0 Å². The van der Waals surface area contributed by atoms with E-state index >= 15 is 0 Å². The number of nitrogens with zero attached hydrogens (tertiary/aromatic N) is 1. The molecule has 1 heterocycles. The zero-order valence-electron chi connectivity index (χ0n) is 17.3. The van der Waals surface area contributed by atoms with Crippen molar-refractivity contribution in [1.82, 2.24) is 15.6 Å². The van der Waals surface area contributed by atoms with E-state index < -0.39 is 44.3 Å². The molecule has 0 bridgehead atoms. The van der Waals surface area contributed by atoms with Gasteiger partial charge in [-0.25, -0.2) is 17.2 Å².